The van der Waals surface area contributed by atoms with Crippen LogP contribution in [-0.2, 0) is 32.7 Å². The first-order valence-electron chi connectivity index (χ1n) is 16.6. The molecule has 0 fully saturated rings. The third kappa shape index (κ3) is 31.5. The molecule has 0 spiro atoms. The van der Waals surface area contributed by atoms with E-state index in [2.05, 4.69) is 19.9 Å². The summed E-state index contributed by atoms with van der Waals surface area (Å²) in [6, 6.07) is 0. The maximum atomic E-state index is 12.5. The Balaban J connectivity index is 4.69. The highest BCUT2D eigenvalue weighted by Gasteiger charge is 2.27. The van der Waals surface area contributed by atoms with Crippen LogP contribution in [0.15, 0.2) is 60.8 Å². The van der Waals surface area contributed by atoms with Gasteiger partial charge in [0, 0.05) is 12.8 Å². The van der Waals surface area contributed by atoms with E-state index in [4.69, 9.17) is 18.5 Å². The van der Waals surface area contributed by atoms with Gasteiger partial charge in [0.05, 0.1) is 27.7 Å². The van der Waals surface area contributed by atoms with E-state index in [1.807, 2.05) is 75.8 Å². The van der Waals surface area contributed by atoms with Crippen molar-refractivity contribution >= 4 is 19.8 Å². The SMILES string of the molecule is CC/C=C/C=C/C=C/C=C/C=C/CCCC(=O)OC(COC(=O)CCCCCCCCCC)COP(=O)(O)OCC[N+](C)(C)C. The fraction of sp³-hybridized carbons (Fsp3) is 0.657. The van der Waals surface area contributed by atoms with Gasteiger partial charge < -0.3 is 18.9 Å². The Labute approximate surface area is 273 Å². The summed E-state index contributed by atoms with van der Waals surface area (Å²) in [4.78, 5) is 34.9. The van der Waals surface area contributed by atoms with Crippen molar-refractivity contribution in [2.75, 3.05) is 47.5 Å². The Hall–Kier alpha value is -2.29. The van der Waals surface area contributed by atoms with Crippen LogP contribution < -0.4 is 0 Å². The van der Waals surface area contributed by atoms with Crippen molar-refractivity contribution in [2.24, 2.45) is 0 Å². The van der Waals surface area contributed by atoms with Crippen molar-refractivity contribution in [1.29, 1.82) is 0 Å². The molecule has 0 aliphatic rings. The van der Waals surface area contributed by atoms with Gasteiger partial charge in [0.2, 0.25) is 0 Å². The smallest absolute Gasteiger partial charge is 0.462 e. The third-order valence-electron chi connectivity index (χ3n) is 6.44. The molecule has 258 valence electrons. The van der Waals surface area contributed by atoms with Gasteiger partial charge in [-0.05, 0) is 25.7 Å². The van der Waals surface area contributed by atoms with Crippen molar-refractivity contribution in [3.05, 3.63) is 60.8 Å². The quantitative estimate of drug-likeness (QED) is 0.0296. The van der Waals surface area contributed by atoms with Crippen LogP contribution in [0.3, 0.4) is 0 Å². The predicted octanol–water partition coefficient (Wildman–Crippen LogP) is 8.17. The molecule has 1 N–H and O–H groups in total. The van der Waals surface area contributed by atoms with Gasteiger partial charge in [0.15, 0.2) is 6.10 Å². The van der Waals surface area contributed by atoms with E-state index in [9.17, 15) is 19.0 Å². The lowest BCUT2D eigenvalue weighted by molar-refractivity contribution is -0.870. The van der Waals surface area contributed by atoms with Gasteiger partial charge in [-0.25, -0.2) is 4.57 Å². The summed E-state index contributed by atoms with van der Waals surface area (Å²) in [5.41, 5.74) is 0. The largest absolute Gasteiger partial charge is 0.472 e. The number of carbonyl (C=O) groups excluding carboxylic acids is 2. The summed E-state index contributed by atoms with van der Waals surface area (Å²) in [6.07, 6.45) is 30.1. The van der Waals surface area contributed by atoms with E-state index in [1.165, 1.54) is 32.1 Å². The Morgan fingerprint density at radius 3 is 1.87 bits per heavy atom. The topological polar surface area (TPSA) is 108 Å². The summed E-state index contributed by atoms with van der Waals surface area (Å²) in [7, 11) is 1.42. The Bertz CT molecular complexity index is 965. The van der Waals surface area contributed by atoms with E-state index in [0.717, 1.165) is 25.7 Å². The molecule has 0 aromatic heterocycles. The Morgan fingerprint density at radius 1 is 0.711 bits per heavy atom. The minimum absolute atomic E-state index is 0.0159. The van der Waals surface area contributed by atoms with Crippen molar-refractivity contribution in [3.63, 3.8) is 0 Å². The number of phosphoric ester groups is 1. The summed E-state index contributed by atoms with van der Waals surface area (Å²) < 4.78 is 33.8. The Kier molecular flexibility index (Phi) is 26.6. The van der Waals surface area contributed by atoms with Crippen molar-refractivity contribution < 1.29 is 42.1 Å². The number of ether oxygens (including phenoxy) is 2. The van der Waals surface area contributed by atoms with Gasteiger partial charge in [-0.1, -0.05) is 120 Å². The molecular formula is C35H61NO8P+. The van der Waals surface area contributed by atoms with E-state index in [1.54, 1.807) is 0 Å². The average molecular weight is 655 g/mol. The number of esters is 2. The first-order chi connectivity index (χ1) is 21.5. The molecule has 0 aromatic rings. The number of quaternary nitrogens is 1. The molecule has 0 radical (unpaired) electrons. The number of carbonyl (C=O) groups is 2. The third-order valence-corrected chi connectivity index (χ3v) is 7.42. The average Bonchev–Trinajstić information content (AvgIpc) is 2.97. The zero-order valence-electron chi connectivity index (χ0n) is 28.6. The van der Waals surface area contributed by atoms with Gasteiger partial charge >= 0.3 is 19.8 Å². The molecule has 9 nitrogen and oxygen atoms in total. The highest BCUT2D eigenvalue weighted by molar-refractivity contribution is 7.47. The molecule has 0 aliphatic heterocycles. The second kappa shape index (κ2) is 28.0. The summed E-state index contributed by atoms with van der Waals surface area (Å²) >= 11 is 0. The molecule has 2 unspecified atom stereocenters. The number of nitrogens with zero attached hydrogens (tertiary/aromatic N) is 1. The molecule has 0 bridgehead atoms. The van der Waals surface area contributed by atoms with Crippen molar-refractivity contribution in [3.8, 4) is 0 Å². The number of hydrogen-bond acceptors (Lipinski definition) is 7. The van der Waals surface area contributed by atoms with Crippen LogP contribution in [0.1, 0.15) is 97.3 Å². The van der Waals surface area contributed by atoms with Crippen LogP contribution in [0, 0.1) is 0 Å². The molecule has 2 atom stereocenters. The van der Waals surface area contributed by atoms with E-state index >= 15 is 0 Å². The summed E-state index contributed by atoms with van der Waals surface area (Å²) in [5, 5.41) is 0. The fourth-order valence-corrected chi connectivity index (χ4v) is 4.55. The van der Waals surface area contributed by atoms with E-state index < -0.39 is 32.5 Å². The second-order valence-corrected chi connectivity index (χ2v) is 13.4. The lowest BCUT2D eigenvalue weighted by Gasteiger charge is -2.24. The maximum absolute atomic E-state index is 12.5. The van der Waals surface area contributed by atoms with Gasteiger partial charge in [-0.3, -0.25) is 18.6 Å². The van der Waals surface area contributed by atoms with E-state index in [-0.39, 0.29) is 26.1 Å². The van der Waals surface area contributed by atoms with Crippen LogP contribution >= 0.6 is 7.82 Å². The molecule has 0 amide bonds. The number of hydrogen-bond donors (Lipinski definition) is 1. The Morgan fingerprint density at radius 2 is 1.27 bits per heavy atom. The van der Waals surface area contributed by atoms with Gasteiger partial charge in [-0.2, -0.15) is 0 Å². The van der Waals surface area contributed by atoms with Crippen LogP contribution in [0.25, 0.3) is 0 Å². The van der Waals surface area contributed by atoms with Gasteiger partial charge in [0.25, 0.3) is 0 Å². The van der Waals surface area contributed by atoms with Gasteiger partial charge in [0.1, 0.15) is 19.8 Å². The van der Waals surface area contributed by atoms with Crippen LogP contribution in [0.5, 0.6) is 0 Å². The number of unbranched alkanes of at least 4 members (excludes halogenated alkanes) is 8. The predicted molar refractivity (Wildman–Crippen MR) is 183 cm³/mol. The number of allylic oxidation sites excluding steroid dienone is 10. The first-order valence-corrected chi connectivity index (χ1v) is 18.1. The molecule has 0 saturated heterocycles. The summed E-state index contributed by atoms with van der Waals surface area (Å²) in [6.45, 7) is 4.10. The van der Waals surface area contributed by atoms with Crippen LogP contribution in [0.2, 0.25) is 0 Å². The van der Waals surface area contributed by atoms with Gasteiger partial charge in [-0.15, -0.1) is 0 Å². The lowest BCUT2D eigenvalue weighted by atomic mass is 10.1. The highest BCUT2D eigenvalue weighted by atomic mass is 31.2. The van der Waals surface area contributed by atoms with Crippen LogP contribution in [-0.4, -0.2) is 74.9 Å². The zero-order valence-corrected chi connectivity index (χ0v) is 29.5. The molecular weight excluding hydrogens is 593 g/mol. The van der Waals surface area contributed by atoms with E-state index in [0.29, 0.717) is 23.9 Å². The number of phosphoric acid groups is 1. The molecule has 0 aliphatic carbocycles. The molecule has 45 heavy (non-hydrogen) atoms. The monoisotopic (exact) mass is 654 g/mol. The summed E-state index contributed by atoms with van der Waals surface area (Å²) in [5.74, 6) is -0.900. The minimum Gasteiger partial charge on any atom is -0.462 e. The fourth-order valence-electron chi connectivity index (χ4n) is 3.81. The van der Waals surface area contributed by atoms with Crippen LogP contribution in [0.4, 0.5) is 0 Å². The first kappa shape index (κ1) is 42.7. The zero-order chi connectivity index (χ0) is 33.7. The van der Waals surface area contributed by atoms with Crippen molar-refractivity contribution in [2.45, 2.75) is 103 Å². The van der Waals surface area contributed by atoms with Crippen molar-refractivity contribution in [1.82, 2.24) is 0 Å². The molecule has 0 rings (SSSR count). The normalized spacial score (nSPS) is 14.7. The highest BCUT2D eigenvalue weighted by Crippen LogP contribution is 2.43. The molecule has 0 aromatic carbocycles. The molecule has 0 saturated carbocycles. The lowest BCUT2D eigenvalue weighted by Crippen LogP contribution is -2.37. The number of rotatable bonds is 28. The maximum Gasteiger partial charge on any atom is 0.472 e. The molecule has 10 heteroatoms. The standard InChI is InChI=1S/C35H60NO8P/c1-6-8-10-12-14-16-17-18-19-20-22-24-26-28-35(38)44-33(32-43-45(39,40)42-30-29-36(3,4)5)31-41-34(37)27-25-23-21-15-13-11-9-7-2/h8,10,12,14,16-20,22,33H,6-7,9,11,13,15,21,23-32H2,1-5H3/p+1/b10-8+,14-12+,17-16+,19-18+,22-20+. The molecule has 0 heterocycles. The second-order valence-electron chi connectivity index (χ2n) is 11.9. The minimum atomic E-state index is -4.38. The number of likely N-dealkylation sites (N-methyl/N-ethyl adjacent to an activating group) is 1.